The summed E-state index contributed by atoms with van der Waals surface area (Å²) < 4.78 is 6.18. The van der Waals surface area contributed by atoms with Gasteiger partial charge in [-0.15, -0.1) is 0 Å². The minimum atomic E-state index is 0.338. The van der Waals surface area contributed by atoms with Crippen LogP contribution in [-0.2, 0) is 0 Å². The monoisotopic (exact) mass is 327 g/mol. The third kappa shape index (κ3) is 2.17. The number of hydrogen-bond acceptors (Lipinski definition) is 2. The van der Waals surface area contributed by atoms with Gasteiger partial charge in [0.25, 0.3) is 0 Å². The summed E-state index contributed by atoms with van der Waals surface area (Å²) >= 11 is 0. The first-order chi connectivity index (χ1) is 12.3. The number of benzene rings is 3. The first-order valence-electron chi connectivity index (χ1n) is 8.93. The summed E-state index contributed by atoms with van der Waals surface area (Å²) in [6.45, 7) is 0.750. The normalized spacial score (nSPS) is 23.9. The predicted octanol–water partition coefficient (Wildman–Crippen LogP) is 5.02. The standard InChI is InChI=1S/C23H21NO/c1-24-20-13-7-5-11-17(20)22(16-9-3-2-4-10-16)19-15-25-21-14-8-6-12-18(21)23(19)24/h2-14,19,22-23H,15H2,1H3/t19-,22+,23+/m0/s1. The first kappa shape index (κ1) is 14.6. The Hall–Kier alpha value is -2.74. The Balaban J connectivity index is 1.73. The molecular formula is C23H21NO. The maximum absolute atomic E-state index is 6.18. The Bertz CT molecular complexity index is 905. The number of ether oxygens (including phenoxy) is 1. The number of nitrogens with zero attached hydrogens (tertiary/aromatic N) is 1. The van der Waals surface area contributed by atoms with Crippen LogP contribution in [0.5, 0.6) is 5.75 Å². The molecule has 2 aliphatic rings. The number of rotatable bonds is 1. The third-order valence-corrected chi connectivity index (χ3v) is 5.73. The Morgan fingerprint density at radius 1 is 0.800 bits per heavy atom. The lowest BCUT2D eigenvalue weighted by atomic mass is 9.70. The van der Waals surface area contributed by atoms with E-state index in [1.54, 1.807) is 0 Å². The second-order valence-electron chi connectivity index (χ2n) is 7.02. The molecule has 0 aromatic heterocycles. The molecule has 3 atom stereocenters. The molecule has 0 spiro atoms. The molecule has 2 nitrogen and oxygen atoms in total. The van der Waals surface area contributed by atoms with E-state index in [2.05, 4.69) is 90.8 Å². The van der Waals surface area contributed by atoms with Crippen molar-refractivity contribution in [1.29, 1.82) is 0 Å². The van der Waals surface area contributed by atoms with Crippen LogP contribution in [0.15, 0.2) is 78.9 Å². The molecule has 0 saturated carbocycles. The fourth-order valence-electron chi connectivity index (χ4n) is 4.68. The lowest BCUT2D eigenvalue weighted by molar-refractivity contribution is 0.172. The molecule has 0 bridgehead atoms. The van der Waals surface area contributed by atoms with Crippen LogP contribution in [0, 0.1) is 5.92 Å². The van der Waals surface area contributed by atoms with E-state index >= 15 is 0 Å². The van der Waals surface area contributed by atoms with Crippen LogP contribution in [0.2, 0.25) is 0 Å². The van der Waals surface area contributed by atoms with Crippen molar-refractivity contribution in [3.05, 3.63) is 95.6 Å². The molecule has 3 aromatic rings. The highest BCUT2D eigenvalue weighted by molar-refractivity contribution is 5.63. The van der Waals surface area contributed by atoms with E-state index in [-0.39, 0.29) is 0 Å². The molecule has 2 aliphatic heterocycles. The average molecular weight is 327 g/mol. The van der Waals surface area contributed by atoms with Gasteiger partial charge in [-0.3, -0.25) is 0 Å². The largest absolute Gasteiger partial charge is 0.493 e. The molecule has 0 amide bonds. The van der Waals surface area contributed by atoms with Gasteiger partial charge in [0.05, 0.1) is 12.6 Å². The summed E-state index contributed by atoms with van der Waals surface area (Å²) in [7, 11) is 2.22. The quantitative estimate of drug-likeness (QED) is 0.622. The van der Waals surface area contributed by atoms with Crippen LogP contribution in [0.1, 0.15) is 28.7 Å². The molecule has 3 aromatic carbocycles. The number of fused-ring (bicyclic) bond motifs is 4. The fourth-order valence-corrected chi connectivity index (χ4v) is 4.68. The SMILES string of the molecule is CN1c2ccccc2[C@@H](c2ccccc2)[C@@H]2COc3ccccc3[C@H]21. The molecule has 124 valence electrons. The summed E-state index contributed by atoms with van der Waals surface area (Å²) in [6, 6.07) is 28.5. The van der Waals surface area contributed by atoms with Crippen LogP contribution >= 0.6 is 0 Å². The lowest BCUT2D eigenvalue weighted by Crippen LogP contribution is -2.44. The van der Waals surface area contributed by atoms with Gasteiger partial charge in [0.15, 0.2) is 0 Å². The van der Waals surface area contributed by atoms with Crippen molar-refractivity contribution < 1.29 is 4.74 Å². The van der Waals surface area contributed by atoms with E-state index in [1.807, 2.05) is 0 Å². The molecule has 0 N–H and O–H groups in total. The second kappa shape index (κ2) is 5.66. The van der Waals surface area contributed by atoms with Crippen molar-refractivity contribution in [3.8, 4) is 5.75 Å². The highest BCUT2D eigenvalue weighted by Gasteiger charge is 2.44. The smallest absolute Gasteiger partial charge is 0.124 e. The minimum Gasteiger partial charge on any atom is -0.493 e. The molecule has 2 heterocycles. The van der Waals surface area contributed by atoms with Crippen molar-refractivity contribution in [3.63, 3.8) is 0 Å². The summed E-state index contributed by atoms with van der Waals surface area (Å²) in [4.78, 5) is 2.45. The topological polar surface area (TPSA) is 12.5 Å². The summed E-state index contributed by atoms with van der Waals surface area (Å²) in [6.07, 6.45) is 0. The van der Waals surface area contributed by atoms with Gasteiger partial charge in [0.1, 0.15) is 5.75 Å². The van der Waals surface area contributed by atoms with Gasteiger partial charge in [0, 0.05) is 30.1 Å². The van der Waals surface area contributed by atoms with Gasteiger partial charge in [-0.05, 0) is 23.3 Å². The molecule has 0 fully saturated rings. The Morgan fingerprint density at radius 3 is 2.32 bits per heavy atom. The number of anilines is 1. The Labute approximate surface area is 148 Å². The van der Waals surface area contributed by atoms with Crippen molar-refractivity contribution >= 4 is 5.69 Å². The Kier molecular flexibility index (Phi) is 3.30. The van der Waals surface area contributed by atoms with Gasteiger partial charge in [0.2, 0.25) is 0 Å². The van der Waals surface area contributed by atoms with E-state index < -0.39 is 0 Å². The van der Waals surface area contributed by atoms with E-state index in [4.69, 9.17) is 4.74 Å². The van der Waals surface area contributed by atoms with Crippen molar-refractivity contribution in [2.24, 2.45) is 5.92 Å². The van der Waals surface area contributed by atoms with Crippen molar-refractivity contribution in [1.82, 2.24) is 0 Å². The molecule has 5 rings (SSSR count). The van der Waals surface area contributed by atoms with Gasteiger partial charge < -0.3 is 9.64 Å². The minimum absolute atomic E-state index is 0.338. The molecule has 0 radical (unpaired) electrons. The fraction of sp³-hybridized carbons (Fsp3) is 0.217. The summed E-state index contributed by atoms with van der Waals surface area (Å²) in [5.74, 6) is 1.78. The van der Waals surface area contributed by atoms with Crippen molar-refractivity contribution in [2.75, 3.05) is 18.6 Å². The maximum Gasteiger partial charge on any atom is 0.124 e. The van der Waals surface area contributed by atoms with Gasteiger partial charge in [-0.1, -0.05) is 66.7 Å². The van der Waals surface area contributed by atoms with E-state index in [1.165, 1.54) is 22.4 Å². The number of para-hydroxylation sites is 2. The van der Waals surface area contributed by atoms with E-state index in [0.29, 0.717) is 17.9 Å². The molecule has 25 heavy (non-hydrogen) atoms. The van der Waals surface area contributed by atoms with E-state index in [0.717, 1.165) is 12.4 Å². The second-order valence-corrected chi connectivity index (χ2v) is 7.02. The average Bonchev–Trinajstić information content (AvgIpc) is 2.68. The number of hydrogen-bond donors (Lipinski definition) is 0. The summed E-state index contributed by atoms with van der Waals surface area (Å²) in [5.41, 5.74) is 5.41. The maximum atomic E-state index is 6.18. The Morgan fingerprint density at radius 2 is 1.48 bits per heavy atom. The zero-order chi connectivity index (χ0) is 16.8. The van der Waals surface area contributed by atoms with Crippen molar-refractivity contribution in [2.45, 2.75) is 12.0 Å². The van der Waals surface area contributed by atoms with Crippen LogP contribution in [0.25, 0.3) is 0 Å². The highest BCUT2D eigenvalue weighted by Crippen LogP contribution is 2.53. The molecule has 0 unspecified atom stereocenters. The van der Waals surface area contributed by atoms with Gasteiger partial charge in [-0.25, -0.2) is 0 Å². The van der Waals surface area contributed by atoms with Gasteiger partial charge >= 0.3 is 0 Å². The zero-order valence-corrected chi connectivity index (χ0v) is 14.3. The van der Waals surface area contributed by atoms with Crippen LogP contribution < -0.4 is 9.64 Å². The molecule has 0 saturated heterocycles. The van der Waals surface area contributed by atoms with Crippen LogP contribution in [0.4, 0.5) is 5.69 Å². The summed E-state index contributed by atoms with van der Waals surface area (Å²) in [5, 5.41) is 0. The molecule has 2 heteroatoms. The predicted molar refractivity (Wildman–Crippen MR) is 101 cm³/mol. The first-order valence-corrected chi connectivity index (χ1v) is 8.93. The lowest BCUT2D eigenvalue weighted by Gasteiger charge is -2.48. The van der Waals surface area contributed by atoms with Crippen LogP contribution in [0.3, 0.4) is 0 Å². The van der Waals surface area contributed by atoms with Crippen LogP contribution in [-0.4, -0.2) is 13.7 Å². The van der Waals surface area contributed by atoms with Gasteiger partial charge in [-0.2, -0.15) is 0 Å². The highest BCUT2D eigenvalue weighted by atomic mass is 16.5. The van der Waals surface area contributed by atoms with E-state index in [9.17, 15) is 0 Å². The third-order valence-electron chi connectivity index (χ3n) is 5.73. The molecule has 0 aliphatic carbocycles. The molecular weight excluding hydrogens is 306 g/mol. The zero-order valence-electron chi connectivity index (χ0n) is 14.3.